The van der Waals surface area contributed by atoms with Gasteiger partial charge in [-0.15, -0.1) is 0 Å². The molecule has 2 aromatic carbocycles. The van der Waals surface area contributed by atoms with Gasteiger partial charge in [-0.25, -0.2) is 4.39 Å². The number of hydrogen-bond acceptors (Lipinski definition) is 2. The first kappa shape index (κ1) is 16.6. The Hall–Kier alpha value is -2.21. The third-order valence-electron chi connectivity index (χ3n) is 4.11. The van der Waals surface area contributed by atoms with Gasteiger partial charge >= 0.3 is 0 Å². The van der Waals surface area contributed by atoms with Gasteiger partial charge < -0.3 is 10.6 Å². The quantitative estimate of drug-likeness (QED) is 0.765. The Morgan fingerprint density at radius 3 is 2.33 bits per heavy atom. The van der Waals surface area contributed by atoms with Crippen LogP contribution in [0.3, 0.4) is 0 Å². The van der Waals surface area contributed by atoms with Gasteiger partial charge in [0.15, 0.2) is 0 Å². The summed E-state index contributed by atoms with van der Waals surface area (Å²) in [5.41, 5.74) is 0.418. The van der Waals surface area contributed by atoms with Gasteiger partial charge in [0.2, 0.25) is 11.8 Å². The normalized spacial score (nSPS) is 14.8. The minimum Gasteiger partial charge on any atom is -0.351 e. The van der Waals surface area contributed by atoms with Crippen LogP contribution in [0, 0.1) is 11.2 Å². The van der Waals surface area contributed by atoms with Crippen LogP contribution in [0.1, 0.15) is 18.4 Å². The zero-order valence-electron chi connectivity index (χ0n) is 12.8. The molecule has 0 unspecified atom stereocenters. The second-order valence-corrected chi connectivity index (χ2v) is 6.68. The number of carbonyl (C=O) groups excluding carboxylic acids is 2. The van der Waals surface area contributed by atoms with E-state index in [-0.39, 0.29) is 24.2 Å². The van der Waals surface area contributed by atoms with Gasteiger partial charge in [-0.2, -0.15) is 0 Å². The van der Waals surface area contributed by atoms with Crippen LogP contribution in [-0.4, -0.2) is 11.8 Å². The van der Waals surface area contributed by atoms with Crippen molar-refractivity contribution in [2.24, 2.45) is 5.41 Å². The molecule has 3 rings (SSSR count). The molecule has 1 fully saturated rings. The predicted molar refractivity (Wildman–Crippen MR) is 92.7 cm³/mol. The smallest absolute Gasteiger partial charge is 0.240 e. The topological polar surface area (TPSA) is 58.2 Å². The lowest BCUT2D eigenvalue weighted by Gasteiger charge is -2.16. The zero-order valence-corrected chi connectivity index (χ0v) is 14.4. The maximum absolute atomic E-state index is 12.9. The number of carbonyl (C=O) groups is 2. The molecule has 0 radical (unpaired) electrons. The van der Waals surface area contributed by atoms with Gasteiger partial charge in [0.1, 0.15) is 11.2 Å². The molecule has 1 aliphatic carbocycles. The average molecular weight is 391 g/mol. The van der Waals surface area contributed by atoms with Crippen molar-refractivity contribution in [3.8, 4) is 0 Å². The molecule has 0 aromatic heterocycles. The Labute approximate surface area is 147 Å². The van der Waals surface area contributed by atoms with E-state index >= 15 is 0 Å². The molecule has 0 bridgehead atoms. The lowest BCUT2D eigenvalue weighted by Crippen LogP contribution is -2.39. The van der Waals surface area contributed by atoms with E-state index in [0.717, 1.165) is 10.0 Å². The van der Waals surface area contributed by atoms with Gasteiger partial charge in [-0.1, -0.05) is 24.3 Å². The summed E-state index contributed by atoms with van der Waals surface area (Å²) in [6.07, 6.45) is 1.05. The number of anilines is 1. The van der Waals surface area contributed by atoms with E-state index in [9.17, 15) is 14.0 Å². The molecule has 2 N–H and O–H groups in total. The fourth-order valence-electron chi connectivity index (χ4n) is 2.44. The predicted octanol–water partition coefficient (Wildman–Crippen LogP) is 3.62. The SMILES string of the molecule is O=C(NCc1ccc(F)cc1)C1(C(=O)Nc2ccccc2Br)CC1. The van der Waals surface area contributed by atoms with Crippen LogP contribution in [0.25, 0.3) is 0 Å². The Morgan fingerprint density at radius 1 is 1.04 bits per heavy atom. The van der Waals surface area contributed by atoms with Gasteiger partial charge in [0.05, 0.1) is 5.69 Å². The molecule has 24 heavy (non-hydrogen) atoms. The standard InChI is InChI=1S/C18H16BrFN2O2/c19-14-3-1-2-4-15(14)22-17(24)18(9-10-18)16(23)21-11-12-5-7-13(20)8-6-12/h1-8H,9-11H2,(H,21,23)(H,22,24). The fraction of sp³-hybridized carbons (Fsp3) is 0.222. The molecular weight excluding hydrogens is 375 g/mol. The molecule has 6 heteroatoms. The first-order chi connectivity index (χ1) is 11.5. The van der Waals surface area contributed by atoms with E-state index < -0.39 is 5.41 Å². The lowest BCUT2D eigenvalue weighted by molar-refractivity contribution is -0.134. The second-order valence-electron chi connectivity index (χ2n) is 5.83. The van der Waals surface area contributed by atoms with Gasteiger partial charge in [0, 0.05) is 11.0 Å². The fourth-order valence-corrected chi connectivity index (χ4v) is 2.82. The van der Waals surface area contributed by atoms with E-state index in [2.05, 4.69) is 26.6 Å². The van der Waals surface area contributed by atoms with Crippen molar-refractivity contribution < 1.29 is 14.0 Å². The minimum absolute atomic E-state index is 0.267. The summed E-state index contributed by atoms with van der Waals surface area (Å²) in [4.78, 5) is 24.9. The van der Waals surface area contributed by atoms with Crippen molar-refractivity contribution >= 4 is 33.4 Å². The average Bonchev–Trinajstić information content (AvgIpc) is 3.38. The van der Waals surface area contributed by atoms with Crippen LogP contribution in [0.4, 0.5) is 10.1 Å². The molecule has 0 aliphatic heterocycles. The third kappa shape index (κ3) is 3.48. The molecule has 4 nitrogen and oxygen atoms in total. The lowest BCUT2D eigenvalue weighted by atomic mass is 10.0. The summed E-state index contributed by atoms with van der Waals surface area (Å²) in [5, 5.41) is 5.57. The van der Waals surface area contributed by atoms with E-state index in [4.69, 9.17) is 0 Å². The van der Waals surface area contributed by atoms with Crippen molar-refractivity contribution in [1.29, 1.82) is 0 Å². The number of hydrogen-bond donors (Lipinski definition) is 2. The van der Waals surface area contributed by atoms with E-state index in [1.54, 1.807) is 18.2 Å². The molecule has 0 spiro atoms. The summed E-state index contributed by atoms with van der Waals surface area (Å²) >= 11 is 3.37. The number of amides is 2. The maximum Gasteiger partial charge on any atom is 0.240 e. The van der Waals surface area contributed by atoms with Crippen molar-refractivity contribution in [3.05, 3.63) is 64.4 Å². The highest BCUT2D eigenvalue weighted by Crippen LogP contribution is 2.47. The van der Waals surface area contributed by atoms with Gasteiger partial charge in [-0.05, 0) is 58.6 Å². The van der Waals surface area contributed by atoms with Crippen molar-refractivity contribution in [3.63, 3.8) is 0 Å². The van der Waals surface area contributed by atoms with Crippen molar-refractivity contribution in [2.45, 2.75) is 19.4 Å². The van der Waals surface area contributed by atoms with Crippen LogP contribution < -0.4 is 10.6 Å². The Kier molecular flexibility index (Phi) is 4.66. The Morgan fingerprint density at radius 2 is 1.71 bits per heavy atom. The van der Waals surface area contributed by atoms with E-state index in [1.807, 2.05) is 18.2 Å². The molecule has 0 atom stereocenters. The largest absolute Gasteiger partial charge is 0.351 e. The second kappa shape index (κ2) is 6.73. The summed E-state index contributed by atoms with van der Waals surface area (Å²) in [7, 11) is 0. The summed E-state index contributed by atoms with van der Waals surface area (Å²) in [6.45, 7) is 0.267. The van der Waals surface area contributed by atoms with E-state index in [0.29, 0.717) is 18.5 Å². The monoisotopic (exact) mass is 390 g/mol. The number of rotatable bonds is 5. The van der Waals surface area contributed by atoms with Crippen LogP contribution in [0.2, 0.25) is 0 Å². The summed E-state index contributed by atoms with van der Waals surface area (Å²) in [5.74, 6) is -0.918. The first-order valence-corrected chi connectivity index (χ1v) is 8.39. The first-order valence-electron chi connectivity index (χ1n) is 7.60. The van der Waals surface area contributed by atoms with Crippen molar-refractivity contribution in [1.82, 2.24) is 5.32 Å². The molecule has 1 aliphatic rings. The zero-order chi connectivity index (χ0) is 17.2. The van der Waals surface area contributed by atoms with Crippen molar-refractivity contribution in [2.75, 3.05) is 5.32 Å². The maximum atomic E-state index is 12.9. The molecule has 0 heterocycles. The molecule has 124 valence electrons. The summed E-state index contributed by atoms with van der Waals surface area (Å²) in [6, 6.07) is 13.2. The number of benzene rings is 2. The van der Waals surface area contributed by atoms with Gasteiger partial charge in [0.25, 0.3) is 0 Å². The highest BCUT2D eigenvalue weighted by molar-refractivity contribution is 9.10. The Balaban J connectivity index is 1.62. The van der Waals surface area contributed by atoms with E-state index in [1.165, 1.54) is 12.1 Å². The molecule has 1 saturated carbocycles. The van der Waals surface area contributed by atoms with Crippen LogP contribution in [-0.2, 0) is 16.1 Å². The minimum atomic E-state index is -1.00. The number of halogens is 2. The Bertz CT molecular complexity index is 773. The summed E-state index contributed by atoms with van der Waals surface area (Å²) < 4.78 is 13.7. The highest BCUT2D eigenvalue weighted by Gasteiger charge is 2.56. The molecule has 2 amide bonds. The van der Waals surface area contributed by atoms with Crippen LogP contribution >= 0.6 is 15.9 Å². The van der Waals surface area contributed by atoms with Crippen LogP contribution in [0.15, 0.2) is 53.0 Å². The molecule has 0 saturated heterocycles. The van der Waals surface area contributed by atoms with Crippen LogP contribution in [0.5, 0.6) is 0 Å². The molecular formula is C18H16BrFN2O2. The molecule has 2 aromatic rings. The highest BCUT2D eigenvalue weighted by atomic mass is 79.9. The number of para-hydroxylation sites is 1. The third-order valence-corrected chi connectivity index (χ3v) is 4.80. The number of nitrogens with one attached hydrogen (secondary N) is 2. The van der Waals surface area contributed by atoms with Gasteiger partial charge in [-0.3, -0.25) is 9.59 Å².